The van der Waals surface area contributed by atoms with Crippen molar-refractivity contribution in [2.75, 3.05) is 10.7 Å². The van der Waals surface area contributed by atoms with Gasteiger partial charge in [0.1, 0.15) is 5.75 Å². The van der Waals surface area contributed by atoms with Gasteiger partial charge in [-0.25, -0.2) is 8.42 Å². The highest BCUT2D eigenvalue weighted by molar-refractivity contribution is 7.91. The smallest absolute Gasteiger partial charge is 0.420 e. The van der Waals surface area contributed by atoms with Crippen molar-refractivity contribution in [3.05, 3.63) is 72.2 Å². The van der Waals surface area contributed by atoms with E-state index in [1.54, 1.807) is 38.1 Å². The zero-order chi connectivity index (χ0) is 31.9. The average Bonchev–Trinajstić information content (AvgIpc) is 3.45. The van der Waals surface area contributed by atoms with Gasteiger partial charge in [0.15, 0.2) is 9.84 Å². The number of nitrogens with two attached hydrogens (primary N) is 1. The van der Waals surface area contributed by atoms with E-state index in [1.165, 1.54) is 29.2 Å². The molecule has 11 nitrogen and oxygen atoms in total. The van der Waals surface area contributed by atoms with Gasteiger partial charge in [-0.15, -0.1) is 23.4 Å². The Balaban J connectivity index is 1.47. The SMILES string of the molecule is CC(C)(CC#N)c1nnc(-c2ccc3c(c2)N(Cc2ccc(-c4ccc(OC(F)(F)F)cn4)cc2)C(=O)[C@@H](N)CS3(=O)=O)o1. The molecule has 0 fully saturated rings. The summed E-state index contributed by atoms with van der Waals surface area (Å²) in [5.41, 5.74) is 7.34. The molecule has 0 saturated heterocycles. The first-order chi connectivity index (χ1) is 20.7. The van der Waals surface area contributed by atoms with Crippen LogP contribution in [0.4, 0.5) is 18.9 Å². The number of pyridine rings is 1. The molecule has 5 rings (SSSR count). The van der Waals surface area contributed by atoms with Crippen LogP contribution in [-0.2, 0) is 26.6 Å². The molecule has 4 aromatic rings. The second-order valence-electron chi connectivity index (χ2n) is 10.7. The van der Waals surface area contributed by atoms with Crippen LogP contribution in [0.3, 0.4) is 0 Å². The van der Waals surface area contributed by atoms with Gasteiger partial charge in [-0.2, -0.15) is 5.26 Å². The number of ether oxygens (including phenoxy) is 1. The van der Waals surface area contributed by atoms with Gasteiger partial charge in [-0.3, -0.25) is 9.78 Å². The summed E-state index contributed by atoms with van der Waals surface area (Å²) < 4.78 is 73.4. The predicted octanol–water partition coefficient (Wildman–Crippen LogP) is 4.54. The third-order valence-electron chi connectivity index (χ3n) is 6.90. The molecule has 2 aromatic heterocycles. The molecule has 0 radical (unpaired) electrons. The van der Waals surface area contributed by atoms with Crippen molar-refractivity contribution in [2.24, 2.45) is 5.73 Å². The van der Waals surface area contributed by atoms with Gasteiger partial charge in [0, 0.05) is 17.5 Å². The summed E-state index contributed by atoms with van der Waals surface area (Å²) in [5.74, 6) is -1.35. The maximum absolute atomic E-state index is 13.4. The Bertz CT molecular complexity index is 1850. The van der Waals surface area contributed by atoms with Crippen LogP contribution in [0, 0.1) is 11.3 Å². The quantitative estimate of drug-likeness (QED) is 0.308. The Labute approximate surface area is 250 Å². The van der Waals surface area contributed by atoms with Crippen LogP contribution in [0.15, 0.2) is 70.1 Å². The van der Waals surface area contributed by atoms with Gasteiger partial charge >= 0.3 is 6.36 Å². The van der Waals surface area contributed by atoms with Crippen molar-refractivity contribution in [1.82, 2.24) is 15.2 Å². The van der Waals surface area contributed by atoms with E-state index in [4.69, 9.17) is 15.4 Å². The molecule has 15 heteroatoms. The fraction of sp³-hybridized carbons (Fsp3) is 0.276. The molecule has 1 aliphatic heterocycles. The van der Waals surface area contributed by atoms with Crippen LogP contribution < -0.4 is 15.4 Å². The molecule has 44 heavy (non-hydrogen) atoms. The van der Waals surface area contributed by atoms with E-state index in [0.29, 0.717) is 22.4 Å². The third-order valence-corrected chi connectivity index (χ3v) is 8.71. The van der Waals surface area contributed by atoms with Crippen molar-refractivity contribution in [2.45, 2.75) is 49.5 Å². The maximum atomic E-state index is 13.4. The Hall–Kier alpha value is -4.81. The van der Waals surface area contributed by atoms with E-state index in [0.717, 1.165) is 12.3 Å². The van der Waals surface area contributed by atoms with Crippen molar-refractivity contribution in [3.63, 3.8) is 0 Å². The number of aromatic nitrogens is 3. The molecule has 2 aromatic carbocycles. The minimum Gasteiger partial charge on any atom is -0.420 e. The second-order valence-corrected chi connectivity index (χ2v) is 12.8. The predicted molar refractivity (Wildman–Crippen MR) is 151 cm³/mol. The molecule has 0 spiro atoms. The highest BCUT2D eigenvalue weighted by Crippen LogP contribution is 2.36. The van der Waals surface area contributed by atoms with Gasteiger partial charge in [0.2, 0.25) is 17.7 Å². The lowest BCUT2D eigenvalue weighted by molar-refractivity contribution is -0.274. The minimum absolute atomic E-state index is 0.0468. The Morgan fingerprint density at radius 2 is 1.80 bits per heavy atom. The number of nitrogens with zero attached hydrogens (tertiary/aromatic N) is 5. The summed E-state index contributed by atoms with van der Waals surface area (Å²) in [6, 6.07) is 14.3. The van der Waals surface area contributed by atoms with E-state index >= 15 is 0 Å². The van der Waals surface area contributed by atoms with Crippen LogP contribution in [-0.4, -0.2) is 47.7 Å². The number of benzene rings is 2. The Morgan fingerprint density at radius 1 is 1.09 bits per heavy atom. The first-order valence-electron chi connectivity index (χ1n) is 13.1. The van der Waals surface area contributed by atoms with Crippen molar-refractivity contribution >= 4 is 21.4 Å². The molecule has 0 aliphatic carbocycles. The first kappa shape index (κ1) is 30.6. The van der Waals surface area contributed by atoms with Crippen molar-refractivity contribution < 1.29 is 35.5 Å². The number of halogens is 3. The number of nitriles is 1. The lowest BCUT2D eigenvalue weighted by Gasteiger charge is -2.24. The van der Waals surface area contributed by atoms with Gasteiger partial charge in [0.25, 0.3) is 0 Å². The van der Waals surface area contributed by atoms with E-state index in [1.807, 2.05) is 0 Å². The highest BCUT2D eigenvalue weighted by Gasteiger charge is 2.37. The summed E-state index contributed by atoms with van der Waals surface area (Å²) in [6.45, 7) is 3.50. The molecule has 0 unspecified atom stereocenters. The normalized spacial score (nSPS) is 16.6. The molecule has 2 N–H and O–H groups in total. The molecular weight excluding hydrogens is 601 g/mol. The Morgan fingerprint density at radius 3 is 2.43 bits per heavy atom. The molecule has 0 saturated carbocycles. The van der Waals surface area contributed by atoms with Crippen LogP contribution in [0.5, 0.6) is 5.75 Å². The molecule has 228 valence electrons. The third kappa shape index (κ3) is 6.41. The van der Waals surface area contributed by atoms with Crippen LogP contribution >= 0.6 is 0 Å². The fourth-order valence-electron chi connectivity index (χ4n) is 4.60. The van der Waals surface area contributed by atoms with E-state index in [2.05, 4.69) is 26.0 Å². The number of alkyl halides is 3. The summed E-state index contributed by atoms with van der Waals surface area (Å²) in [7, 11) is -3.95. The van der Waals surface area contributed by atoms with Crippen molar-refractivity contribution in [3.8, 4) is 34.5 Å². The molecule has 1 atom stereocenters. The highest BCUT2D eigenvalue weighted by atomic mass is 32.2. The van der Waals surface area contributed by atoms with E-state index in [9.17, 15) is 26.4 Å². The zero-order valence-corrected chi connectivity index (χ0v) is 24.2. The van der Waals surface area contributed by atoms with E-state index < -0.39 is 45.1 Å². The summed E-state index contributed by atoms with van der Waals surface area (Å²) in [5, 5.41) is 17.3. The molecule has 1 amide bonds. The summed E-state index contributed by atoms with van der Waals surface area (Å²) in [6.07, 6.45) is -3.75. The molecule has 0 bridgehead atoms. The van der Waals surface area contributed by atoms with Gasteiger partial charge in [0.05, 0.1) is 52.3 Å². The number of sulfone groups is 1. The number of hydrogen-bond donors (Lipinski definition) is 1. The average molecular weight is 627 g/mol. The van der Waals surface area contributed by atoms with Gasteiger partial charge < -0.3 is 19.8 Å². The van der Waals surface area contributed by atoms with Crippen molar-refractivity contribution in [1.29, 1.82) is 5.26 Å². The summed E-state index contributed by atoms with van der Waals surface area (Å²) in [4.78, 5) is 18.6. The number of carbonyl (C=O) groups excluding carboxylic acids is 1. The van der Waals surface area contributed by atoms with Gasteiger partial charge in [-0.05, 0) is 35.9 Å². The summed E-state index contributed by atoms with van der Waals surface area (Å²) >= 11 is 0. The molecule has 3 heterocycles. The number of fused-ring (bicyclic) bond motifs is 1. The van der Waals surface area contributed by atoms with Crippen LogP contribution in [0.1, 0.15) is 31.7 Å². The standard InChI is InChI=1S/C29H25F3N6O5S/c1-28(2,11-12-33)27-37-36-25(42-27)19-7-10-24-23(13-19)38(26(39)21(34)16-44(24,40)41)15-17-3-5-18(6-4-17)22-9-8-20(14-35-22)43-29(30,31)32/h3-10,13-14,21H,11,15-16,34H2,1-2H3/t21-/m0/s1. The fourth-order valence-corrected chi connectivity index (χ4v) is 6.16. The maximum Gasteiger partial charge on any atom is 0.573 e. The van der Waals surface area contributed by atoms with Gasteiger partial charge in [-0.1, -0.05) is 38.1 Å². The number of carbonyl (C=O) groups is 1. The van der Waals surface area contributed by atoms with E-state index in [-0.39, 0.29) is 35.3 Å². The first-order valence-corrected chi connectivity index (χ1v) is 14.8. The Kier molecular flexibility index (Phi) is 7.91. The monoisotopic (exact) mass is 626 g/mol. The number of amides is 1. The van der Waals surface area contributed by atoms with Crippen LogP contribution in [0.2, 0.25) is 0 Å². The number of anilines is 1. The lowest BCUT2D eigenvalue weighted by atomic mass is 9.90. The zero-order valence-electron chi connectivity index (χ0n) is 23.4. The largest absolute Gasteiger partial charge is 0.573 e. The molecular formula is C29H25F3N6O5S. The number of hydrogen-bond acceptors (Lipinski definition) is 10. The topological polar surface area (TPSA) is 165 Å². The second kappa shape index (κ2) is 11.4. The minimum atomic E-state index is -4.83. The van der Waals surface area contributed by atoms with Crippen LogP contribution in [0.25, 0.3) is 22.7 Å². The molecule has 1 aliphatic rings. The lowest BCUT2D eigenvalue weighted by Crippen LogP contribution is -2.45. The number of rotatable bonds is 7.